The van der Waals surface area contributed by atoms with Gasteiger partial charge in [-0.05, 0) is 43.9 Å². The molecule has 41 heavy (non-hydrogen) atoms. The molecule has 0 spiro atoms. The Morgan fingerprint density at radius 3 is 2.02 bits per heavy atom. The van der Waals surface area contributed by atoms with Gasteiger partial charge in [-0.1, -0.05) is 58.0 Å². The molecule has 220 valence electrons. The van der Waals surface area contributed by atoms with Gasteiger partial charge in [-0.25, -0.2) is 14.0 Å². The Kier molecular flexibility index (Phi) is 9.38. The first kappa shape index (κ1) is 31.5. The van der Waals surface area contributed by atoms with Crippen LogP contribution in [0.4, 0.5) is 10.1 Å². The molecule has 0 atom stereocenters. The second-order valence-electron chi connectivity index (χ2n) is 11.4. The molecule has 1 aliphatic heterocycles. The number of carboxylic acid groups (broad SMARTS) is 2. The number of allylic oxidation sites excluding steroid dienone is 2. The summed E-state index contributed by atoms with van der Waals surface area (Å²) in [4.78, 5) is 40.6. The van der Waals surface area contributed by atoms with Crippen LogP contribution in [-0.4, -0.2) is 57.0 Å². The summed E-state index contributed by atoms with van der Waals surface area (Å²) < 4.78 is 15.4. The van der Waals surface area contributed by atoms with Gasteiger partial charge < -0.3 is 20.0 Å². The highest BCUT2D eigenvalue weighted by Crippen LogP contribution is 2.50. The second kappa shape index (κ2) is 12.2. The number of benzene rings is 2. The molecule has 0 aromatic heterocycles. The number of aliphatic carboxylic acids is 2. The highest BCUT2D eigenvalue weighted by molar-refractivity contribution is 6.00. The molecule has 0 unspecified atom stereocenters. The van der Waals surface area contributed by atoms with Crippen LogP contribution in [0.1, 0.15) is 58.6 Å². The third-order valence-corrected chi connectivity index (χ3v) is 7.61. The van der Waals surface area contributed by atoms with Crippen LogP contribution in [0.25, 0.3) is 0 Å². The normalized spacial score (nSPS) is 15.5. The Balaban J connectivity index is 2.20. The second-order valence-corrected chi connectivity index (χ2v) is 11.4. The molecule has 9 nitrogen and oxygen atoms in total. The van der Waals surface area contributed by atoms with Gasteiger partial charge in [-0.3, -0.25) is 10.1 Å². The van der Waals surface area contributed by atoms with Gasteiger partial charge in [-0.15, -0.1) is 0 Å². The summed E-state index contributed by atoms with van der Waals surface area (Å²) in [5, 5.41) is 32.6. The summed E-state index contributed by atoms with van der Waals surface area (Å²) in [6, 6.07) is 12.8. The molecule has 10 heteroatoms. The SMILES string of the molecule is CCC1=C(C(=O)O)C(C)(c2cc([N+](=O)[O-])ccc2F)C(C(=O)O)=C(CC)N1CC(C)(C)CN(C)Cc1ccccc1. The Bertz CT molecular complexity index is 1360. The van der Waals surface area contributed by atoms with Gasteiger partial charge in [0.25, 0.3) is 5.69 Å². The van der Waals surface area contributed by atoms with Crippen LogP contribution in [0.5, 0.6) is 0 Å². The lowest BCUT2D eigenvalue weighted by molar-refractivity contribution is -0.385. The van der Waals surface area contributed by atoms with E-state index in [9.17, 15) is 29.9 Å². The van der Waals surface area contributed by atoms with Crippen LogP contribution < -0.4 is 0 Å². The van der Waals surface area contributed by atoms with Crippen molar-refractivity contribution in [3.8, 4) is 0 Å². The summed E-state index contributed by atoms with van der Waals surface area (Å²) in [5.41, 5.74) is -2.00. The number of non-ortho nitro benzene ring substituents is 1. The van der Waals surface area contributed by atoms with E-state index in [1.807, 2.05) is 51.2 Å². The molecule has 0 fully saturated rings. The van der Waals surface area contributed by atoms with Crippen molar-refractivity contribution in [2.24, 2.45) is 5.41 Å². The van der Waals surface area contributed by atoms with Gasteiger partial charge in [-0.2, -0.15) is 0 Å². The molecule has 0 saturated carbocycles. The van der Waals surface area contributed by atoms with Gasteiger partial charge in [0.2, 0.25) is 0 Å². The number of carbonyl (C=O) groups is 2. The predicted molar refractivity (Wildman–Crippen MR) is 154 cm³/mol. The fourth-order valence-corrected chi connectivity index (χ4v) is 6.17. The van der Waals surface area contributed by atoms with E-state index in [0.29, 0.717) is 31.0 Å². The van der Waals surface area contributed by atoms with Crippen molar-refractivity contribution >= 4 is 17.6 Å². The van der Waals surface area contributed by atoms with E-state index in [1.165, 1.54) is 6.92 Å². The highest BCUT2D eigenvalue weighted by atomic mass is 19.1. The first-order valence-electron chi connectivity index (χ1n) is 13.6. The maximum absolute atomic E-state index is 15.4. The minimum Gasteiger partial charge on any atom is -0.478 e. The highest BCUT2D eigenvalue weighted by Gasteiger charge is 2.51. The molecule has 3 rings (SSSR count). The van der Waals surface area contributed by atoms with E-state index in [-0.39, 0.29) is 29.6 Å². The van der Waals surface area contributed by atoms with Crippen molar-refractivity contribution in [2.75, 3.05) is 20.1 Å². The molecule has 0 radical (unpaired) electrons. The zero-order valence-corrected chi connectivity index (χ0v) is 24.4. The lowest BCUT2D eigenvalue weighted by Gasteiger charge is -2.47. The Hall–Kier alpha value is -4.05. The largest absolute Gasteiger partial charge is 0.478 e. The lowest BCUT2D eigenvalue weighted by Crippen LogP contribution is -2.48. The number of halogens is 1. The minimum absolute atomic E-state index is 0.222. The average Bonchev–Trinajstić information content (AvgIpc) is 2.88. The van der Waals surface area contributed by atoms with E-state index in [0.717, 1.165) is 23.8 Å². The topological polar surface area (TPSA) is 124 Å². The monoisotopic (exact) mass is 567 g/mol. The predicted octanol–water partition coefficient (Wildman–Crippen LogP) is 5.96. The van der Waals surface area contributed by atoms with Crippen LogP contribution in [0.15, 0.2) is 71.1 Å². The lowest BCUT2D eigenvalue weighted by atomic mass is 9.65. The van der Waals surface area contributed by atoms with Crippen LogP contribution in [0.2, 0.25) is 0 Å². The van der Waals surface area contributed by atoms with Crippen molar-refractivity contribution in [3.63, 3.8) is 0 Å². The van der Waals surface area contributed by atoms with Gasteiger partial charge in [0.05, 0.1) is 21.5 Å². The van der Waals surface area contributed by atoms with Crippen molar-refractivity contribution in [1.29, 1.82) is 0 Å². The third-order valence-electron chi connectivity index (χ3n) is 7.61. The summed E-state index contributed by atoms with van der Waals surface area (Å²) in [5.74, 6) is -3.74. The first-order valence-corrected chi connectivity index (χ1v) is 13.6. The van der Waals surface area contributed by atoms with Crippen molar-refractivity contribution < 1.29 is 29.1 Å². The Morgan fingerprint density at radius 1 is 1.02 bits per heavy atom. The number of nitro benzene ring substituents is 1. The van der Waals surface area contributed by atoms with E-state index >= 15 is 4.39 Å². The molecule has 1 heterocycles. The van der Waals surface area contributed by atoms with Crippen LogP contribution in [0.3, 0.4) is 0 Å². The molecule has 2 N–H and O–H groups in total. The smallest absolute Gasteiger partial charge is 0.334 e. The molecule has 0 amide bonds. The number of nitrogens with zero attached hydrogens (tertiary/aromatic N) is 3. The molecule has 0 saturated heterocycles. The van der Waals surface area contributed by atoms with Crippen LogP contribution in [0, 0.1) is 21.3 Å². The molecule has 2 aromatic rings. The fraction of sp³-hybridized carbons (Fsp3) is 0.419. The number of rotatable bonds is 12. The third kappa shape index (κ3) is 6.32. The molecular weight excluding hydrogens is 529 g/mol. The number of nitro groups is 1. The Morgan fingerprint density at radius 2 is 1.56 bits per heavy atom. The maximum atomic E-state index is 15.4. The van der Waals surface area contributed by atoms with E-state index < -0.39 is 39.2 Å². The standard InChI is InChI=1S/C31H38FN3O6/c1-7-24-26(28(36)37)31(5,22-16-21(35(40)41)14-15-23(22)32)27(29(38)39)25(8-2)34(24)19-30(3,4)18-33(6)17-20-12-10-9-11-13-20/h9-16H,7-8,17-19H2,1-6H3,(H,36,37)(H,38,39). The quantitative estimate of drug-likeness (QED) is 0.238. The number of hydrogen-bond acceptors (Lipinski definition) is 6. The van der Waals surface area contributed by atoms with Crippen LogP contribution in [-0.2, 0) is 21.5 Å². The van der Waals surface area contributed by atoms with E-state index in [4.69, 9.17) is 0 Å². The summed E-state index contributed by atoms with van der Waals surface area (Å²) in [6.07, 6.45) is 0.445. The number of hydrogen-bond donors (Lipinski definition) is 2. The van der Waals surface area contributed by atoms with Gasteiger partial charge in [0.1, 0.15) is 5.82 Å². The summed E-state index contributed by atoms with van der Waals surface area (Å²) in [6.45, 7) is 10.6. The van der Waals surface area contributed by atoms with E-state index in [2.05, 4.69) is 4.90 Å². The molecule has 0 bridgehead atoms. The molecule has 2 aromatic carbocycles. The minimum atomic E-state index is -1.99. The maximum Gasteiger partial charge on any atom is 0.334 e. The molecule has 1 aliphatic rings. The van der Waals surface area contributed by atoms with Crippen molar-refractivity contribution in [3.05, 3.63) is 98.1 Å². The van der Waals surface area contributed by atoms with Crippen molar-refractivity contribution in [2.45, 2.75) is 59.4 Å². The van der Waals surface area contributed by atoms with Crippen molar-refractivity contribution in [1.82, 2.24) is 9.80 Å². The zero-order valence-electron chi connectivity index (χ0n) is 24.4. The van der Waals surface area contributed by atoms with Crippen LogP contribution >= 0.6 is 0 Å². The van der Waals surface area contributed by atoms with Gasteiger partial charge in [0.15, 0.2) is 0 Å². The summed E-state index contributed by atoms with van der Waals surface area (Å²) in [7, 11) is 1.99. The Labute approximate surface area is 239 Å². The van der Waals surface area contributed by atoms with Gasteiger partial charge >= 0.3 is 11.9 Å². The molecule has 0 aliphatic carbocycles. The first-order chi connectivity index (χ1) is 19.2. The van der Waals surface area contributed by atoms with Gasteiger partial charge in [0, 0.05) is 48.7 Å². The molecular formula is C31H38FN3O6. The zero-order chi connectivity index (χ0) is 30.7. The van der Waals surface area contributed by atoms with E-state index in [1.54, 1.807) is 18.7 Å². The fourth-order valence-electron chi connectivity index (χ4n) is 6.17. The summed E-state index contributed by atoms with van der Waals surface area (Å²) >= 11 is 0. The average molecular weight is 568 g/mol. The number of carboxylic acids is 2.